The van der Waals surface area contributed by atoms with Crippen molar-refractivity contribution < 1.29 is 17.2 Å². The highest BCUT2D eigenvalue weighted by Gasteiger charge is 2.19. The van der Waals surface area contributed by atoms with Crippen molar-refractivity contribution in [1.29, 1.82) is 0 Å². The molecule has 0 fully saturated rings. The lowest BCUT2D eigenvalue weighted by molar-refractivity contribution is 0.151. The van der Waals surface area contributed by atoms with Gasteiger partial charge in [-0.1, -0.05) is 12.1 Å². The predicted molar refractivity (Wildman–Crippen MR) is 53.7 cm³/mol. The van der Waals surface area contributed by atoms with Crippen LogP contribution in [0.15, 0.2) is 29.2 Å². The Labute approximate surface area is 87.8 Å². The maximum Gasteiger partial charge on any atom is 0.263 e. The number of benzene rings is 1. The van der Waals surface area contributed by atoms with Gasteiger partial charge in [-0.3, -0.25) is 0 Å². The second-order valence-corrected chi connectivity index (χ2v) is 5.97. The van der Waals surface area contributed by atoms with Crippen molar-refractivity contribution in [3.63, 3.8) is 0 Å². The van der Waals surface area contributed by atoms with Crippen molar-refractivity contribution in [2.45, 2.75) is 30.4 Å². The van der Waals surface area contributed by atoms with E-state index in [9.17, 15) is 17.2 Å². The molecule has 1 aromatic carbocycles. The Balaban J connectivity index is 3.10. The first-order valence-corrected chi connectivity index (χ1v) is 6.02. The van der Waals surface area contributed by atoms with E-state index in [0.29, 0.717) is 0 Å². The summed E-state index contributed by atoms with van der Waals surface area (Å²) in [5.41, 5.74) is -0.169. The molecule has 1 aromatic rings. The third kappa shape index (κ3) is 2.53. The van der Waals surface area contributed by atoms with Crippen LogP contribution in [0.3, 0.4) is 0 Å². The molecule has 84 valence electrons. The molecule has 0 aliphatic carbocycles. The lowest BCUT2D eigenvalue weighted by Crippen LogP contribution is -2.13. The van der Waals surface area contributed by atoms with Crippen molar-refractivity contribution in [1.82, 2.24) is 0 Å². The summed E-state index contributed by atoms with van der Waals surface area (Å²) in [6.07, 6.45) is -2.57. The van der Waals surface area contributed by atoms with Gasteiger partial charge in [0.15, 0.2) is 9.84 Å². The topological polar surface area (TPSA) is 34.1 Å². The number of alkyl halides is 2. The van der Waals surface area contributed by atoms with Gasteiger partial charge < -0.3 is 0 Å². The summed E-state index contributed by atoms with van der Waals surface area (Å²) in [4.78, 5) is 0.0851. The molecule has 0 N–H and O–H groups in total. The van der Waals surface area contributed by atoms with E-state index in [4.69, 9.17) is 0 Å². The fourth-order valence-corrected chi connectivity index (χ4v) is 2.13. The average Bonchev–Trinajstić information content (AvgIpc) is 2.17. The molecule has 0 spiro atoms. The summed E-state index contributed by atoms with van der Waals surface area (Å²) in [6, 6.07) is 4.72. The van der Waals surface area contributed by atoms with Crippen LogP contribution < -0.4 is 0 Å². The first-order valence-electron chi connectivity index (χ1n) is 4.47. The van der Waals surface area contributed by atoms with Crippen molar-refractivity contribution >= 4 is 9.84 Å². The summed E-state index contributed by atoms with van der Waals surface area (Å²) < 4.78 is 47.7. The van der Waals surface area contributed by atoms with E-state index in [2.05, 4.69) is 0 Å². The van der Waals surface area contributed by atoms with Crippen LogP contribution in [0.5, 0.6) is 0 Å². The minimum Gasteiger partial charge on any atom is -0.223 e. The molecule has 15 heavy (non-hydrogen) atoms. The van der Waals surface area contributed by atoms with Crippen molar-refractivity contribution in [3.05, 3.63) is 29.8 Å². The average molecular weight is 234 g/mol. The van der Waals surface area contributed by atoms with E-state index in [-0.39, 0.29) is 10.5 Å². The van der Waals surface area contributed by atoms with E-state index in [1.165, 1.54) is 12.1 Å². The Morgan fingerprint density at radius 2 is 1.53 bits per heavy atom. The zero-order chi connectivity index (χ0) is 11.6. The van der Waals surface area contributed by atoms with Gasteiger partial charge in [0.1, 0.15) is 0 Å². The molecule has 0 amide bonds. The first-order chi connectivity index (χ1) is 6.85. The molecule has 0 heterocycles. The number of hydrogen-bond donors (Lipinski definition) is 0. The molecule has 0 aromatic heterocycles. The van der Waals surface area contributed by atoms with Gasteiger partial charge in [-0.15, -0.1) is 0 Å². The molecule has 2 nitrogen and oxygen atoms in total. The smallest absolute Gasteiger partial charge is 0.223 e. The minimum absolute atomic E-state index is 0.0851. The van der Waals surface area contributed by atoms with Gasteiger partial charge >= 0.3 is 0 Å². The molecule has 0 saturated carbocycles. The highest BCUT2D eigenvalue weighted by atomic mass is 32.2. The Bertz CT molecular complexity index is 421. The molecule has 0 aliphatic heterocycles. The molecule has 0 unspecified atom stereocenters. The van der Waals surface area contributed by atoms with Crippen LogP contribution in [0.2, 0.25) is 0 Å². The van der Waals surface area contributed by atoms with E-state index in [0.717, 1.165) is 12.1 Å². The molecular formula is C10H12F2O2S. The summed E-state index contributed by atoms with van der Waals surface area (Å²) >= 11 is 0. The summed E-state index contributed by atoms with van der Waals surface area (Å²) in [7, 11) is -3.36. The normalized spacial score (nSPS) is 12.4. The third-order valence-electron chi connectivity index (χ3n) is 2.08. The molecule has 0 saturated heterocycles. The van der Waals surface area contributed by atoms with E-state index in [1.54, 1.807) is 13.8 Å². The van der Waals surface area contributed by atoms with Gasteiger partial charge in [0.2, 0.25) is 0 Å². The molecule has 0 atom stereocenters. The first kappa shape index (κ1) is 12.1. The zero-order valence-electron chi connectivity index (χ0n) is 8.44. The number of halogens is 2. The Morgan fingerprint density at radius 1 is 1.07 bits per heavy atom. The van der Waals surface area contributed by atoms with Gasteiger partial charge in [-0.25, -0.2) is 17.2 Å². The second-order valence-electron chi connectivity index (χ2n) is 3.46. The Kier molecular flexibility index (Phi) is 3.44. The lowest BCUT2D eigenvalue weighted by atomic mass is 10.2. The van der Waals surface area contributed by atoms with Crippen molar-refractivity contribution in [3.8, 4) is 0 Å². The maximum absolute atomic E-state index is 12.2. The van der Waals surface area contributed by atoms with Crippen LogP contribution in [-0.4, -0.2) is 13.7 Å². The molecule has 0 radical (unpaired) electrons. The van der Waals surface area contributed by atoms with Gasteiger partial charge in [-0.2, -0.15) is 0 Å². The van der Waals surface area contributed by atoms with Crippen LogP contribution in [0.1, 0.15) is 25.8 Å². The fraction of sp³-hybridized carbons (Fsp3) is 0.400. The van der Waals surface area contributed by atoms with E-state index < -0.39 is 21.5 Å². The summed E-state index contributed by atoms with van der Waals surface area (Å²) in [5.74, 6) is 0. The van der Waals surface area contributed by atoms with Gasteiger partial charge in [-0.05, 0) is 26.0 Å². The standard InChI is InChI=1S/C10H12F2O2S/c1-7(2)15(13,14)9-5-3-8(4-6-9)10(11)12/h3-7,10H,1-2H3. The largest absolute Gasteiger partial charge is 0.263 e. The molecule has 1 rings (SSSR count). The second kappa shape index (κ2) is 4.26. The van der Waals surface area contributed by atoms with Gasteiger partial charge in [0, 0.05) is 5.56 Å². The van der Waals surface area contributed by atoms with Gasteiger partial charge in [0.05, 0.1) is 10.1 Å². The Morgan fingerprint density at radius 3 is 1.87 bits per heavy atom. The monoisotopic (exact) mass is 234 g/mol. The molecular weight excluding hydrogens is 222 g/mol. The summed E-state index contributed by atoms with van der Waals surface area (Å²) in [6.45, 7) is 3.10. The number of sulfone groups is 1. The predicted octanol–water partition coefficient (Wildman–Crippen LogP) is 2.81. The number of rotatable bonds is 3. The highest BCUT2D eigenvalue weighted by Crippen LogP contribution is 2.22. The molecule has 0 aliphatic rings. The van der Waals surface area contributed by atoms with Crippen LogP contribution in [0, 0.1) is 0 Å². The fourth-order valence-electron chi connectivity index (χ4n) is 1.08. The molecule has 5 heteroatoms. The molecule has 0 bridgehead atoms. The maximum atomic E-state index is 12.2. The van der Waals surface area contributed by atoms with E-state index >= 15 is 0 Å². The van der Waals surface area contributed by atoms with Crippen LogP contribution in [0.4, 0.5) is 8.78 Å². The third-order valence-corrected chi connectivity index (χ3v) is 4.25. The van der Waals surface area contributed by atoms with Crippen molar-refractivity contribution in [2.24, 2.45) is 0 Å². The zero-order valence-corrected chi connectivity index (χ0v) is 9.26. The quantitative estimate of drug-likeness (QED) is 0.805. The van der Waals surface area contributed by atoms with Crippen LogP contribution in [-0.2, 0) is 9.84 Å². The van der Waals surface area contributed by atoms with Crippen LogP contribution in [0.25, 0.3) is 0 Å². The minimum atomic E-state index is -3.36. The van der Waals surface area contributed by atoms with Gasteiger partial charge in [0.25, 0.3) is 6.43 Å². The van der Waals surface area contributed by atoms with Crippen LogP contribution >= 0.6 is 0 Å². The highest BCUT2D eigenvalue weighted by molar-refractivity contribution is 7.92. The number of hydrogen-bond acceptors (Lipinski definition) is 2. The lowest BCUT2D eigenvalue weighted by Gasteiger charge is -2.08. The Hall–Kier alpha value is -0.970. The SMILES string of the molecule is CC(C)S(=O)(=O)c1ccc(C(F)F)cc1. The summed E-state index contributed by atoms with van der Waals surface area (Å²) in [5, 5.41) is -0.546. The van der Waals surface area contributed by atoms with E-state index in [1.807, 2.05) is 0 Å². The van der Waals surface area contributed by atoms with Crippen molar-refractivity contribution in [2.75, 3.05) is 0 Å².